The Labute approximate surface area is 118 Å². The first kappa shape index (κ1) is 14.0. The summed E-state index contributed by atoms with van der Waals surface area (Å²) >= 11 is 1.59. The SMILES string of the molecule is Cc1cscc1CNc1ccc(C(=O)O)c([N+](=O)[O-])c1. The molecular formula is C13H12N2O4S. The zero-order valence-electron chi connectivity index (χ0n) is 10.6. The fourth-order valence-corrected chi connectivity index (χ4v) is 2.60. The Balaban J connectivity index is 2.21. The molecule has 0 unspecified atom stereocenters. The number of aryl methyl sites for hydroxylation is 1. The Morgan fingerprint density at radius 1 is 1.45 bits per heavy atom. The normalized spacial score (nSPS) is 10.2. The van der Waals surface area contributed by atoms with Crippen LogP contribution in [0.25, 0.3) is 0 Å². The van der Waals surface area contributed by atoms with Crippen molar-refractivity contribution in [2.75, 3.05) is 5.32 Å². The topological polar surface area (TPSA) is 92.5 Å². The van der Waals surface area contributed by atoms with Crippen molar-refractivity contribution in [3.63, 3.8) is 0 Å². The average molecular weight is 292 g/mol. The Bertz CT molecular complexity index is 666. The molecule has 0 fully saturated rings. The van der Waals surface area contributed by atoms with Crippen LogP contribution in [0.5, 0.6) is 0 Å². The molecule has 6 nitrogen and oxygen atoms in total. The van der Waals surface area contributed by atoms with Crippen LogP contribution < -0.4 is 5.32 Å². The zero-order chi connectivity index (χ0) is 14.7. The number of carboxylic acids is 1. The predicted octanol–water partition coefficient (Wildman–Crippen LogP) is 3.28. The number of hydrogen-bond donors (Lipinski definition) is 2. The minimum absolute atomic E-state index is 0.313. The van der Waals surface area contributed by atoms with E-state index in [9.17, 15) is 14.9 Å². The maximum Gasteiger partial charge on any atom is 0.342 e. The molecule has 1 aromatic heterocycles. The lowest BCUT2D eigenvalue weighted by atomic mass is 10.1. The van der Waals surface area contributed by atoms with E-state index in [2.05, 4.69) is 5.32 Å². The highest BCUT2D eigenvalue weighted by Gasteiger charge is 2.19. The minimum Gasteiger partial charge on any atom is -0.477 e. The fraction of sp³-hybridized carbons (Fsp3) is 0.154. The summed E-state index contributed by atoms with van der Waals surface area (Å²) in [5.41, 5.74) is 2.06. The van der Waals surface area contributed by atoms with E-state index in [1.807, 2.05) is 17.7 Å². The summed E-state index contributed by atoms with van der Waals surface area (Å²) in [6.07, 6.45) is 0. The van der Waals surface area contributed by atoms with Crippen molar-refractivity contribution >= 4 is 28.7 Å². The van der Waals surface area contributed by atoms with E-state index in [1.54, 1.807) is 11.3 Å². The van der Waals surface area contributed by atoms with Gasteiger partial charge in [-0.25, -0.2) is 4.79 Å². The van der Waals surface area contributed by atoms with Crippen LogP contribution in [-0.4, -0.2) is 16.0 Å². The van der Waals surface area contributed by atoms with E-state index in [4.69, 9.17) is 5.11 Å². The van der Waals surface area contributed by atoms with Gasteiger partial charge in [0.15, 0.2) is 0 Å². The van der Waals surface area contributed by atoms with Crippen LogP contribution in [0.4, 0.5) is 11.4 Å². The van der Waals surface area contributed by atoms with Crippen molar-refractivity contribution in [1.82, 2.24) is 0 Å². The fourth-order valence-electron chi connectivity index (χ4n) is 1.74. The Kier molecular flexibility index (Phi) is 3.99. The molecule has 7 heteroatoms. The molecule has 0 saturated carbocycles. The molecular weight excluding hydrogens is 280 g/mol. The Morgan fingerprint density at radius 2 is 2.20 bits per heavy atom. The molecule has 2 aromatic rings. The average Bonchev–Trinajstić information content (AvgIpc) is 2.81. The lowest BCUT2D eigenvalue weighted by Gasteiger charge is -2.07. The lowest BCUT2D eigenvalue weighted by molar-refractivity contribution is -0.385. The summed E-state index contributed by atoms with van der Waals surface area (Å²) < 4.78 is 0. The van der Waals surface area contributed by atoms with Crippen molar-refractivity contribution < 1.29 is 14.8 Å². The summed E-state index contributed by atoms with van der Waals surface area (Å²) in [6, 6.07) is 4.01. The third-order valence-electron chi connectivity index (χ3n) is 2.87. The van der Waals surface area contributed by atoms with Crippen LogP contribution in [0.3, 0.4) is 0 Å². The summed E-state index contributed by atoms with van der Waals surface area (Å²) in [7, 11) is 0. The van der Waals surface area contributed by atoms with Gasteiger partial charge in [0, 0.05) is 18.3 Å². The molecule has 0 saturated heterocycles. The third kappa shape index (κ3) is 2.94. The van der Waals surface area contributed by atoms with Crippen LogP contribution in [0.1, 0.15) is 21.5 Å². The van der Waals surface area contributed by atoms with E-state index in [0.29, 0.717) is 12.2 Å². The van der Waals surface area contributed by atoms with Gasteiger partial charge in [0.1, 0.15) is 5.56 Å². The Morgan fingerprint density at radius 3 is 2.75 bits per heavy atom. The second-order valence-electron chi connectivity index (χ2n) is 4.23. The molecule has 0 atom stereocenters. The molecule has 0 bridgehead atoms. The van der Waals surface area contributed by atoms with Gasteiger partial charge in [0.25, 0.3) is 5.69 Å². The van der Waals surface area contributed by atoms with Gasteiger partial charge in [-0.1, -0.05) is 0 Å². The van der Waals surface area contributed by atoms with Gasteiger partial charge in [-0.15, -0.1) is 0 Å². The smallest absolute Gasteiger partial charge is 0.342 e. The maximum atomic E-state index is 10.9. The number of nitrogens with one attached hydrogen (secondary N) is 1. The van der Waals surface area contributed by atoms with Gasteiger partial charge in [-0.2, -0.15) is 11.3 Å². The van der Waals surface area contributed by atoms with Crippen molar-refractivity contribution in [3.8, 4) is 0 Å². The standard InChI is InChI=1S/C13H12N2O4S/c1-8-6-20-7-9(8)5-14-10-2-3-11(13(16)17)12(4-10)15(18)19/h2-4,6-7,14H,5H2,1H3,(H,16,17). The first-order chi connectivity index (χ1) is 9.49. The van der Waals surface area contributed by atoms with Crippen LogP contribution in [0, 0.1) is 17.0 Å². The molecule has 0 aliphatic carbocycles. The lowest BCUT2D eigenvalue weighted by Crippen LogP contribution is -2.05. The van der Waals surface area contributed by atoms with Gasteiger partial charge in [0.2, 0.25) is 0 Å². The second-order valence-corrected chi connectivity index (χ2v) is 4.97. The maximum absolute atomic E-state index is 10.9. The number of carboxylic acid groups (broad SMARTS) is 1. The molecule has 0 aliphatic heterocycles. The number of nitro groups is 1. The van der Waals surface area contributed by atoms with Crippen LogP contribution in [-0.2, 0) is 6.54 Å². The van der Waals surface area contributed by atoms with E-state index < -0.39 is 16.6 Å². The molecule has 0 spiro atoms. The van der Waals surface area contributed by atoms with Crippen molar-refractivity contribution in [2.45, 2.75) is 13.5 Å². The largest absolute Gasteiger partial charge is 0.477 e. The van der Waals surface area contributed by atoms with Crippen LogP contribution >= 0.6 is 11.3 Å². The molecule has 2 N–H and O–H groups in total. The summed E-state index contributed by atoms with van der Waals surface area (Å²) in [4.78, 5) is 21.1. The summed E-state index contributed by atoms with van der Waals surface area (Å²) in [6.45, 7) is 2.53. The van der Waals surface area contributed by atoms with E-state index in [-0.39, 0.29) is 5.56 Å². The number of aromatic carboxylic acids is 1. The first-order valence-corrected chi connectivity index (χ1v) is 6.70. The highest BCUT2D eigenvalue weighted by atomic mass is 32.1. The summed E-state index contributed by atoms with van der Waals surface area (Å²) in [5.74, 6) is -1.31. The Hall–Kier alpha value is -2.41. The molecule has 2 rings (SSSR count). The van der Waals surface area contributed by atoms with Gasteiger partial charge in [-0.3, -0.25) is 10.1 Å². The van der Waals surface area contributed by atoms with Crippen molar-refractivity contribution in [1.29, 1.82) is 0 Å². The zero-order valence-corrected chi connectivity index (χ0v) is 11.4. The van der Waals surface area contributed by atoms with Crippen molar-refractivity contribution in [2.24, 2.45) is 0 Å². The van der Waals surface area contributed by atoms with Crippen LogP contribution in [0.2, 0.25) is 0 Å². The van der Waals surface area contributed by atoms with Crippen LogP contribution in [0.15, 0.2) is 29.0 Å². The summed E-state index contributed by atoms with van der Waals surface area (Å²) in [5, 5.41) is 26.9. The number of anilines is 1. The molecule has 1 heterocycles. The van der Waals surface area contributed by atoms with E-state index in [1.165, 1.54) is 18.2 Å². The number of hydrogen-bond acceptors (Lipinski definition) is 5. The number of nitrogens with zero attached hydrogens (tertiary/aromatic N) is 1. The molecule has 1 aromatic carbocycles. The molecule has 104 valence electrons. The van der Waals surface area contributed by atoms with Gasteiger partial charge < -0.3 is 10.4 Å². The van der Waals surface area contributed by atoms with Gasteiger partial charge >= 0.3 is 5.97 Å². The quantitative estimate of drug-likeness (QED) is 0.651. The third-order valence-corrected chi connectivity index (χ3v) is 3.78. The number of rotatable bonds is 5. The number of benzene rings is 1. The van der Waals surface area contributed by atoms with Crippen molar-refractivity contribution in [3.05, 3.63) is 55.8 Å². The molecule has 0 amide bonds. The monoisotopic (exact) mass is 292 g/mol. The highest BCUT2D eigenvalue weighted by molar-refractivity contribution is 7.08. The molecule has 20 heavy (non-hydrogen) atoms. The number of thiophene rings is 1. The molecule has 0 radical (unpaired) electrons. The van der Waals surface area contributed by atoms with Gasteiger partial charge in [0.05, 0.1) is 4.92 Å². The predicted molar refractivity (Wildman–Crippen MR) is 76.4 cm³/mol. The number of nitro benzene ring substituents is 1. The highest BCUT2D eigenvalue weighted by Crippen LogP contribution is 2.24. The number of carbonyl (C=O) groups is 1. The first-order valence-electron chi connectivity index (χ1n) is 5.76. The van der Waals surface area contributed by atoms with Gasteiger partial charge in [-0.05, 0) is 40.9 Å². The van der Waals surface area contributed by atoms with E-state index in [0.717, 1.165) is 11.1 Å². The van der Waals surface area contributed by atoms with E-state index >= 15 is 0 Å². The minimum atomic E-state index is -1.31. The second kappa shape index (κ2) is 5.70. The molecule has 0 aliphatic rings.